The molecule has 0 aromatic heterocycles. The van der Waals surface area contributed by atoms with Crippen LogP contribution >= 0.6 is 0 Å². The summed E-state index contributed by atoms with van der Waals surface area (Å²) in [6.45, 7) is 3.85. The molecule has 2 amide bonds. The molecule has 7 heteroatoms. The van der Waals surface area contributed by atoms with Crippen LogP contribution in [0.2, 0.25) is 0 Å². The van der Waals surface area contributed by atoms with Gasteiger partial charge in [-0.05, 0) is 56.4 Å². The van der Waals surface area contributed by atoms with Crippen LogP contribution in [0, 0.1) is 5.82 Å². The predicted octanol–water partition coefficient (Wildman–Crippen LogP) is 3.39. The van der Waals surface area contributed by atoms with E-state index in [2.05, 4.69) is 5.32 Å². The number of amides is 2. The number of fused-ring (bicyclic) bond motifs is 1. The van der Waals surface area contributed by atoms with Gasteiger partial charge >= 0.3 is 6.03 Å². The van der Waals surface area contributed by atoms with Gasteiger partial charge in [0.15, 0.2) is 11.5 Å². The quantitative estimate of drug-likeness (QED) is 0.791. The van der Waals surface area contributed by atoms with E-state index in [9.17, 15) is 9.18 Å². The van der Waals surface area contributed by atoms with Gasteiger partial charge in [-0.3, -0.25) is 0 Å². The van der Waals surface area contributed by atoms with Crippen LogP contribution in [0.1, 0.15) is 24.1 Å². The molecule has 0 aliphatic carbocycles. The fourth-order valence-corrected chi connectivity index (χ4v) is 2.93. The minimum absolute atomic E-state index is 0.170. The Balaban J connectivity index is 1.67. The second kappa shape index (κ2) is 8.93. The number of likely N-dealkylation sites (N-methyl/N-ethyl adjacent to an activating group) is 1. The lowest BCUT2D eigenvalue weighted by molar-refractivity contribution is 0.173. The summed E-state index contributed by atoms with van der Waals surface area (Å²) < 4.78 is 23.9. The van der Waals surface area contributed by atoms with Gasteiger partial charge in [-0.25, -0.2) is 9.18 Å². The average Bonchev–Trinajstić information content (AvgIpc) is 3.14. The number of carbonyl (C=O) groups excluding carboxylic acids is 1. The second-order valence-corrected chi connectivity index (χ2v) is 7.14. The highest BCUT2D eigenvalue weighted by Gasteiger charge is 2.20. The first-order chi connectivity index (χ1) is 13.4. The maximum atomic E-state index is 13.2. The van der Waals surface area contributed by atoms with E-state index in [0.717, 1.165) is 17.7 Å². The largest absolute Gasteiger partial charge is 0.454 e. The van der Waals surface area contributed by atoms with Crippen molar-refractivity contribution >= 4 is 6.03 Å². The number of ether oxygens (including phenoxy) is 2. The molecule has 2 aromatic carbocycles. The zero-order valence-electron chi connectivity index (χ0n) is 16.4. The van der Waals surface area contributed by atoms with E-state index in [-0.39, 0.29) is 24.7 Å². The molecular weight excluding hydrogens is 361 g/mol. The van der Waals surface area contributed by atoms with Crippen molar-refractivity contribution in [2.24, 2.45) is 0 Å². The van der Waals surface area contributed by atoms with Crippen molar-refractivity contribution in [1.29, 1.82) is 0 Å². The number of carbonyl (C=O) groups is 1. The van der Waals surface area contributed by atoms with Crippen LogP contribution in [0.15, 0.2) is 42.5 Å². The molecule has 1 heterocycles. The third kappa shape index (κ3) is 5.13. The van der Waals surface area contributed by atoms with E-state index in [4.69, 9.17) is 9.47 Å². The molecule has 0 saturated carbocycles. The topological polar surface area (TPSA) is 54.0 Å². The van der Waals surface area contributed by atoms with E-state index in [1.165, 1.54) is 12.1 Å². The lowest BCUT2D eigenvalue weighted by Crippen LogP contribution is -2.43. The molecule has 1 aliphatic heterocycles. The van der Waals surface area contributed by atoms with Crippen molar-refractivity contribution < 1.29 is 18.7 Å². The van der Waals surface area contributed by atoms with Crippen LogP contribution in [-0.4, -0.2) is 49.8 Å². The van der Waals surface area contributed by atoms with Crippen molar-refractivity contribution in [1.82, 2.24) is 15.1 Å². The zero-order chi connectivity index (χ0) is 20.1. The number of hydrogen-bond donors (Lipinski definition) is 1. The van der Waals surface area contributed by atoms with E-state index in [1.807, 2.05) is 44.1 Å². The summed E-state index contributed by atoms with van der Waals surface area (Å²) >= 11 is 0. The number of hydrogen-bond acceptors (Lipinski definition) is 4. The summed E-state index contributed by atoms with van der Waals surface area (Å²) in [4.78, 5) is 16.7. The molecule has 1 unspecified atom stereocenters. The van der Waals surface area contributed by atoms with Crippen molar-refractivity contribution in [3.05, 3.63) is 59.4 Å². The monoisotopic (exact) mass is 387 g/mol. The Hall–Kier alpha value is -2.80. The smallest absolute Gasteiger partial charge is 0.318 e. The predicted molar refractivity (Wildman–Crippen MR) is 105 cm³/mol. The maximum Gasteiger partial charge on any atom is 0.318 e. The fraction of sp³-hybridized carbons (Fsp3) is 0.381. The van der Waals surface area contributed by atoms with Gasteiger partial charge in [-0.2, -0.15) is 0 Å². The third-order valence-corrected chi connectivity index (χ3v) is 4.63. The van der Waals surface area contributed by atoms with Crippen LogP contribution in [0.3, 0.4) is 0 Å². The van der Waals surface area contributed by atoms with Gasteiger partial charge in [-0.15, -0.1) is 0 Å². The van der Waals surface area contributed by atoms with Gasteiger partial charge in [0.25, 0.3) is 0 Å². The molecule has 3 rings (SSSR count). The molecule has 1 atom stereocenters. The molecule has 28 heavy (non-hydrogen) atoms. The number of halogens is 1. The Morgan fingerprint density at radius 1 is 1.11 bits per heavy atom. The minimum atomic E-state index is -0.288. The lowest BCUT2D eigenvalue weighted by atomic mass is 10.1. The Morgan fingerprint density at radius 3 is 2.54 bits per heavy atom. The SMILES string of the molecule is CC(NC(=O)N(CCN(C)C)Cc1ccc(F)cc1)c1ccc2c(c1)OCO2. The molecule has 6 nitrogen and oxygen atoms in total. The molecule has 150 valence electrons. The molecule has 1 N–H and O–H groups in total. The Morgan fingerprint density at radius 2 is 1.82 bits per heavy atom. The van der Waals surface area contributed by atoms with Crippen LogP contribution in [0.5, 0.6) is 11.5 Å². The Kier molecular flexibility index (Phi) is 6.36. The number of urea groups is 1. The van der Waals surface area contributed by atoms with Gasteiger partial charge in [0, 0.05) is 19.6 Å². The molecular formula is C21H26FN3O3. The second-order valence-electron chi connectivity index (χ2n) is 7.14. The summed E-state index contributed by atoms with van der Waals surface area (Å²) in [5.41, 5.74) is 1.82. The van der Waals surface area contributed by atoms with Crippen LogP contribution < -0.4 is 14.8 Å². The molecule has 0 radical (unpaired) electrons. The summed E-state index contributed by atoms with van der Waals surface area (Å²) in [5, 5.41) is 3.04. The first kappa shape index (κ1) is 19.9. The molecule has 0 saturated heterocycles. The first-order valence-corrected chi connectivity index (χ1v) is 9.26. The van der Waals surface area contributed by atoms with Crippen LogP contribution in [0.4, 0.5) is 9.18 Å². The summed E-state index contributed by atoms with van der Waals surface area (Å²) in [5.74, 6) is 1.12. The van der Waals surface area contributed by atoms with Crippen molar-refractivity contribution in [3.63, 3.8) is 0 Å². The van der Waals surface area contributed by atoms with Crippen LogP contribution in [-0.2, 0) is 6.54 Å². The summed E-state index contributed by atoms with van der Waals surface area (Å²) in [6, 6.07) is 11.5. The van der Waals surface area contributed by atoms with Crippen molar-refractivity contribution in [3.8, 4) is 11.5 Å². The highest BCUT2D eigenvalue weighted by molar-refractivity contribution is 5.74. The number of nitrogens with one attached hydrogen (secondary N) is 1. The Labute approximate surface area is 164 Å². The first-order valence-electron chi connectivity index (χ1n) is 9.26. The van der Waals surface area contributed by atoms with E-state index >= 15 is 0 Å². The lowest BCUT2D eigenvalue weighted by Gasteiger charge is -2.27. The van der Waals surface area contributed by atoms with Crippen LogP contribution in [0.25, 0.3) is 0 Å². The summed E-state index contributed by atoms with van der Waals surface area (Å²) in [7, 11) is 3.92. The molecule has 0 fully saturated rings. The van der Waals surface area contributed by atoms with E-state index in [1.54, 1.807) is 17.0 Å². The standard InChI is InChI=1S/C21H26FN3O3/c1-15(17-6-9-19-20(12-17)28-14-27-19)23-21(26)25(11-10-24(2)3)13-16-4-7-18(22)8-5-16/h4-9,12,15H,10-11,13-14H2,1-3H3,(H,23,26). The number of rotatable bonds is 7. The number of benzene rings is 2. The maximum absolute atomic E-state index is 13.2. The van der Waals surface area contributed by atoms with Crippen molar-refractivity contribution in [2.45, 2.75) is 19.5 Å². The highest BCUT2D eigenvalue weighted by atomic mass is 19.1. The zero-order valence-corrected chi connectivity index (χ0v) is 16.4. The van der Waals surface area contributed by atoms with Gasteiger partial charge in [0.05, 0.1) is 6.04 Å². The van der Waals surface area contributed by atoms with Gasteiger partial charge in [-0.1, -0.05) is 18.2 Å². The normalized spacial score (nSPS) is 13.5. The van der Waals surface area contributed by atoms with E-state index in [0.29, 0.717) is 24.6 Å². The third-order valence-electron chi connectivity index (χ3n) is 4.63. The Bertz CT molecular complexity index is 811. The molecule has 1 aliphatic rings. The van der Waals surface area contributed by atoms with Gasteiger partial charge < -0.3 is 24.6 Å². The van der Waals surface area contributed by atoms with Gasteiger partial charge in [0.2, 0.25) is 6.79 Å². The highest BCUT2D eigenvalue weighted by Crippen LogP contribution is 2.34. The van der Waals surface area contributed by atoms with Gasteiger partial charge in [0.1, 0.15) is 5.82 Å². The summed E-state index contributed by atoms with van der Waals surface area (Å²) in [6.07, 6.45) is 0. The van der Waals surface area contributed by atoms with Crippen molar-refractivity contribution in [2.75, 3.05) is 34.0 Å². The molecule has 0 bridgehead atoms. The minimum Gasteiger partial charge on any atom is -0.454 e. The molecule has 2 aromatic rings. The molecule has 0 spiro atoms. The van der Waals surface area contributed by atoms with E-state index < -0.39 is 0 Å². The average molecular weight is 387 g/mol. The fourth-order valence-electron chi connectivity index (χ4n) is 2.93. The number of nitrogens with zero attached hydrogens (tertiary/aromatic N) is 2.